The highest BCUT2D eigenvalue weighted by Crippen LogP contribution is 2.26. The summed E-state index contributed by atoms with van der Waals surface area (Å²) in [6.45, 7) is 1.27. The van der Waals surface area contributed by atoms with Gasteiger partial charge in [0, 0.05) is 6.54 Å². The molecule has 0 aromatic carbocycles. The third kappa shape index (κ3) is 3.32. The SMILES string of the molecule is CC(O)(CO)CNc1nc(Cl)c(C#N)s1. The number of hydrogen-bond donors (Lipinski definition) is 3. The first kappa shape index (κ1) is 12.2. The van der Waals surface area contributed by atoms with Crippen molar-refractivity contribution in [3.8, 4) is 6.07 Å². The molecular weight excluding hydrogens is 238 g/mol. The summed E-state index contributed by atoms with van der Waals surface area (Å²) in [5.41, 5.74) is -1.22. The molecular formula is C8H10ClN3O2S. The smallest absolute Gasteiger partial charge is 0.185 e. The van der Waals surface area contributed by atoms with Crippen LogP contribution in [-0.2, 0) is 0 Å². The highest BCUT2D eigenvalue weighted by atomic mass is 35.5. The fraction of sp³-hybridized carbons (Fsp3) is 0.500. The molecule has 82 valence electrons. The fourth-order valence-electron chi connectivity index (χ4n) is 0.768. The van der Waals surface area contributed by atoms with Crippen LogP contribution >= 0.6 is 22.9 Å². The molecule has 1 heterocycles. The molecule has 0 saturated carbocycles. The lowest BCUT2D eigenvalue weighted by atomic mass is 10.1. The molecule has 0 bridgehead atoms. The Kier molecular flexibility index (Phi) is 3.88. The Morgan fingerprint density at radius 2 is 2.40 bits per heavy atom. The average molecular weight is 248 g/mol. The third-order valence-corrected chi connectivity index (χ3v) is 2.95. The van der Waals surface area contributed by atoms with Crippen LogP contribution in [0.1, 0.15) is 11.8 Å². The maximum Gasteiger partial charge on any atom is 0.185 e. The summed E-state index contributed by atoms with van der Waals surface area (Å²) in [6.07, 6.45) is 0. The van der Waals surface area contributed by atoms with E-state index in [0.29, 0.717) is 10.0 Å². The molecule has 1 unspecified atom stereocenters. The van der Waals surface area contributed by atoms with E-state index in [0.717, 1.165) is 11.3 Å². The molecule has 0 aliphatic carbocycles. The van der Waals surface area contributed by atoms with Crippen molar-refractivity contribution in [1.82, 2.24) is 4.98 Å². The molecule has 5 nitrogen and oxygen atoms in total. The van der Waals surface area contributed by atoms with E-state index in [-0.39, 0.29) is 18.3 Å². The predicted molar refractivity (Wildman–Crippen MR) is 58.0 cm³/mol. The van der Waals surface area contributed by atoms with Crippen molar-refractivity contribution in [2.24, 2.45) is 0 Å². The lowest BCUT2D eigenvalue weighted by Gasteiger charge is -2.19. The largest absolute Gasteiger partial charge is 0.393 e. The molecule has 1 aromatic rings. The molecule has 7 heteroatoms. The van der Waals surface area contributed by atoms with E-state index < -0.39 is 5.60 Å². The summed E-state index contributed by atoms with van der Waals surface area (Å²) in [5, 5.41) is 30.3. The summed E-state index contributed by atoms with van der Waals surface area (Å²) in [7, 11) is 0. The van der Waals surface area contributed by atoms with E-state index in [9.17, 15) is 5.11 Å². The van der Waals surface area contributed by atoms with Crippen molar-refractivity contribution < 1.29 is 10.2 Å². The number of aliphatic hydroxyl groups excluding tert-OH is 1. The first-order valence-electron chi connectivity index (χ1n) is 4.12. The molecule has 0 aliphatic rings. The summed E-state index contributed by atoms with van der Waals surface area (Å²) >= 11 is 6.76. The van der Waals surface area contributed by atoms with Gasteiger partial charge in [-0.25, -0.2) is 4.98 Å². The van der Waals surface area contributed by atoms with Gasteiger partial charge in [0.1, 0.15) is 16.5 Å². The Labute approximate surface area is 96.0 Å². The van der Waals surface area contributed by atoms with Gasteiger partial charge in [-0.05, 0) is 6.92 Å². The van der Waals surface area contributed by atoms with Gasteiger partial charge < -0.3 is 15.5 Å². The van der Waals surface area contributed by atoms with Gasteiger partial charge in [0.25, 0.3) is 0 Å². The monoisotopic (exact) mass is 247 g/mol. The Morgan fingerprint density at radius 1 is 1.73 bits per heavy atom. The van der Waals surface area contributed by atoms with Crippen molar-refractivity contribution in [3.05, 3.63) is 10.0 Å². The standard InChI is InChI=1S/C8H10ClN3O2S/c1-8(14,4-13)3-11-7-12-6(9)5(2-10)15-7/h13-14H,3-4H2,1H3,(H,11,12). The normalized spacial score (nSPS) is 14.3. The lowest BCUT2D eigenvalue weighted by Crippen LogP contribution is -2.37. The maximum absolute atomic E-state index is 9.48. The molecule has 0 spiro atoms. The van der Waals surface area contributed by atoms with Gasteiger partial charge in [-0.2, -0.15) is 5.26 Å². The van der Waals surface area contributed by atoms with Crippen molar-refractivity contribution >= 4 is 28.1 Å². The van der Waals surface area contributed by atoms with E-state index in [2.05, 4.69) is 10.3 Å². The number of hydrogen-bond acceptors (Lipinski definition) is 6. The number of anilines is 1. The van der Waals surface area contributed by atoms with Crippen LogP contribution in [0, 0.1) is 11.3 Å². The molecule has 15 heavy (non-hydrogen) atoms. The zero-order valence-corrected chi connectivity index (χ0v) is 9.56. The van der Waals surface area contributed by atoms with Crippen molar-refractivity contribution in [2.45, 2.75) is 12.5 Å². The Morgan fingerprint density at radius 3 is 2.87 bits per heavy atom. The highest BCUT2D eigenvalue weighted by molar-refractivity contribution is 7.16. The number of halogens is 1. The number of nitrogens with one attached hydrogen (secondary N) is 1. The number of aromatic nitrogens is 1. The van der Waals surface area contributed by atoms with Crippen molar-refractivity contribution in [1.29, 1.82) is 5.26 Å². The van der Waals surface area contributed by atoms with Crippen LogP contribution < -0.4 is 5.32 Å². The van der Waals surface area contributed by atoms with E-state index in [1.54, 1.807) is 0 Å². The van der Waals surface area contributed by atoms with Gasteiger partial charge in [0.15, 0.2) is 10.3 Å². The van der Waals surface area contributed by atoms with Crippen LogP contribution in [0.15, 0.2) is 0 Å². The molecule has 3 N–H and O–H groups in total. The molecule has 0 aliphatic heterocycles. The molecule has 0 saturated heterocycles. The van der Waals surface area contributed by atoms with Crippen LogP contribution in [-0.4, -0.2) is 33.9 Å². The molecule has 1 atom stereocenters. The minimum absolute atomic E-state index is 0.137. The number of rotatable bonds is 4. The van der Waals surface area contributed by atoms with Gasteiger partial charge in [0.05, 0.1) is 6.61 Å². The molecule has 0 radical (unpaired) electrons. The Bertz CT molecular complexity index is 386. The molecule has 0 fully saturated rings. The van der Waals surface area contributed by atoms with Crippen molar-refractivity contribution in [2.75, 3.05) is 18.5 Å². The van der Waals surface area contributed by atoms with Gasteiger partial charge in [-0.15, -0.1) is 0 Å². The Balaban J connectivity index is 2.63. The summed E-state index contributed by atoms with van der Waals surface area (Å²) in [6, 6.07) is 1.90. The van der Waals surface area contributed by atoms with Crippen LogP contribution in [0.4, 0.5) is 5.13 Å². The van der Waals surface area contributed by atoms with E-state index in [1.807, 2.05) is 6.07 Å². The van der Waals surface area contributed by atoms with Gasteiger partial charge >= 0.3 is 0 Å². The minimum Gasteiger partial charge on any atom is -0.393 e. The number of aliphatic hydroxyl groups is 2. The van der Waals surface area contributed by atoms with Crippen LogP contribution in [0.2, 0.25) is 5.15 Å². The van der Waals surface area contributed by atoms with Crippen LogP contribution in [0.25, 0.3) is 0 Å². The van der Waals surface area contributed by atoms with E-state index in [4.69, 9.17) is 22.0 Å². The number of nitrogens with zero attached hydrogens (tertiary/aromatic N) is 2. The van der Waals surface area contributed by atoms with Gasteiger partial charge in [-0.3, -0.25) is 0 Å². The quantitative estimate of drug-likeness (QED) is 0.733. The zero-order chi connectivity index (χ0) is 11.5. The number of thiazole rings is 1. The third-order valence-electron chi connectivity index (χ3n) is 1.65. The van der Waals surface area contributed by atoms with E-state index in [1.165, 1.54) is 6.92 Å². The maximum atomic E-state index is 9.48. The minimum atomic E-state index is -1.22. The number of nitriles is 1. The summed E-state index contributed by atoms with van der Waals surface area (Å²) in [4.78, 5) is 4.20. The Hall–Kier alpha value is -0.870. The second-order valence-corrected chi connectivity index (χ2v) is 4.62. The summed E-state index contributed by atoms with van der Waals surface area (Å²) in [5.74, 6) is 0. The zero-order valence-electron chi connectivity index (χ0n) is 7.99. The molecule has 1 rings (SSSR count). The highest BCUT2D eigenvalue weighted by Gasteiger charge is 2.19. The molecule has 1 aromatic heterocycles. The molecule has 0 amide bonds. The van der Waals surface area contributed by atoms with Gasteiger partial charge in [0.2, 0.25) is 0 Å². The average Bonchev–Trinajstić information content (AvgIpc) is 2.56. The van der Waals surface area contributed by atoms with E-state index >= 15 is 0 Å². The van der Waals surface area contributed by atoms with Gasteiger partial charge in [-0.1, -0.05) is 22.9 Å². The fourth-order valence-corrected chi connectivity index (χ4v) is 1.71. The van der Waals surface area contributed by atoms with Crippen LogP contribution in [0.5, 0.6) is 0 Å². The van der Waals surface area contributed by atoms with Crippen molar-refractivity contribution in [3.63, 3.8) is 0 Å². The first-order chi connectivity index (χ1) is 6.98. The first-order valence-corrected chi connectivity index (χ1v) is 5.31. The van der Waals surface area contributed by atoms with Crippen LogP contribution in [0.3, 0.4) is 0 Å². The topological polar surface area (TPSA) is 89.2 Å². The summed E-state index contributed by atoms with van der Waals surface area (Å²) < 4.78 is 0. The predicted octanol–water partition coefficient (Wildman–Crippen LogP) is 0.823. The second kappa shape index (κ2) is 4.77. The lowest BCUT2D eigenvalue weighted by molar-refractivity contribution is 0.0132. The second-order valence-electron chi connectivity index (χ2n) is 3.26.